The first-order chi connectivity index (χ1) is 8.37. The van der Waals surface area contributed by atoms with Crippen molar-refractivity contribution in [1.29, 1.82) is 0 Å². The molecule has 3 rings (SSSR count). The number of hydrogen-bond donors (Lipinski definition) is 1. The first-order valence-corrected chi connectivity index (χ1v) is 6.37. The normalized spacial score (nSPS) is 22.6. The Bertz CT molecular complexity index is 624. The van der Waals surface area contributed by atoms with Gasteiger partial charge in [0, 0.05) is 7.05 Å². The number of aromatic nitrogens is 3. The Kier molecular flexibility index (Phi) is 2.15. The maximum Gasteiger partial charge on any atom is 0.418 e. The van der Waals surface area contributed by atoms with E-state index in [1.54, 1.807) is 7.05 Å². The Morgan fingerprint density at radius 2 is 2.22 bits per heavy atom. The third-order valence-corrected chi connectivity index (χ3v) is 3.26. The van der Waals surface area contributed by atoms with E-state index in [1.165, 1.54) is 9.58 Å². The molecular formula is C7H9N5O5S. The Labute approximate surface area is 102 Å². The van der Waals surface area contributed by atoms with E-state index in [0.29, 0.717) is 16.5 Å². The van der Waals surface area contributed by atoms with E-state index in [0.717, 1.165) is 0 Å². The zero-order valence-electron chi connectivity index (χ0n) is 9.22. The molecule has 1 aromatic rings. The first kappa shape index (κ1) is 11.4. The summed E-state index contributed by atoms with van der Waals surface area (Å²) in [5.74, 6) is 0. The molecular weight excluding hydrogens is 266 g/mol. The van der Waals surface area contributed by atoms with Gasteiger partial charge in [0.2, 0.25) is 0 Å². The van der Waals surface area contributed by atoms with Gasteiger partial charge in [-0.2, -0.15) is 13.5 Å². The zero-order chi connectivity index (χ0) is 13.1. The van der Waals surface area contributed by atoms with Crippen LogP contribution < -0.4 is 0 Å². The minimum absolute atomic E-state index is 0.240. The van der Waals surface area contributed by atoms with Crippen molar-refractivity contribution in [2.24, 2.45) is 7.05 Å². The van der Waals surface area contributed by atoms with Gasteiger partial charge in [0.05, 0.1) is 18.8 Å². The molecule has 0 aromatic carbocycles. The highest BCUT2D eigenvalue weighted by molar-refractivity contribution is 7.80. The summed E-state index contributed by atoms with van der Waals surface area (Å²) in [4.78, 5) is 13.2. The molecule has 1 saturated heterocycles. The van der Waals surface area contributed by atoms with Gasteiger partial charge < -0.3 is 4.90 Å². The maximum absolute atomic E-state index is 11.8. The molecule has 18 heavy (non-hydrogen) atoms. The van der Waals surface area contributed by atoms with Gasteiger partial charge in [-0.15, -0.1) is 9.38 Å². The van der Waals surface area contributed by atoms with E-state index in [4.69, 9.17) is 4.55 Å². The summed E-state index contributed by atoms with van der Waals surface area (Å²) in [7, 11) is -3.11. The van der Waals surface area contributed by atoms with E-state index in [1.807, 2.05) is 0 Å². The molecule has 11 heteroatoms. The van der Waals surface area contributed by atoms with Crippen LogP contribution in [0, 0.1) is 0 Å². The lowest BCUT2D eigenvalue weighted by atomic mass is 10.1. The third kappa shape index (κ3) is 1.55. The van der Waals surface area contributed by atoms with Crippen LogP contribution in [0.3, 0.4) is 0 Å². The highest BCUT2D eigenvalue weighted by atomic mass is 32.3. The predicted octanol–water partition coefficient (Wildman–Crippen LogP) is -1.16. The lowest BCUT2D eigenvalue weighted by Crippen LogP contribution is -2.32. The minimum Gasteiger partial charge on any atom is -0.314 e. The minimum atomic E-state index is -4.75. The van der Waals surface area contributed by atoms with Gasteiger partial charge in [-0.05, 0) is 0 Å². The number of fused-ring (bicyclic) bond motifs is 4. The van der Waals surface area contributed by atoms with E-state index in [-0.39, 0.29) is 13.1 Å². The molecule has 1 fully saturated rings. The smallest absolute Gasteiger partial charge is 0.314 e. The summed E-state index contributed by atoms with van der Waals surface area (Å²) in [6, 6.07) is -1.28. The van der Waals surface area contributed by atoms with E-state index < -0.39 is 22.5 Å². The fourth-order valence-corrected chi connectivity index (χ4v) is 2.63. The molecule has 1 N–H and O–H groups in total. The van der Waals surface area contributed by atoms with Gasteiger partial charge in [0.1, 0.15) is 11.7 Å². The van der Waals surface area contributed by atoms with Gasteiger partial charge in [-0.25, -0.2) is 9.48 Å². The molecule has 2 bridgehead atoms. The quantitative estimate of drug-likeness (QED) is 0.676. The monoisotopic (exact) mass is 275 g/mol. The van der Waals surface area contributed by atoms with Gasteiger partial charge in [0.15, 0.2) is 0 Å². The van der Waals surface area contributed by atoms with Gasteiger partial charge >= 0.3 is 16.4 Å². The molecule has 1 atom stereocenters. The number of carbonyl (C=O) groups excluding carboxylic acids is 1. The van der Waals surface area contributed by atoms with Crippen molar-refractivity contribution in [3.8, 4) is 0 Å². The van der Waals surface area contributed by atoms with Crippen LogP contribution in [0.5, 0.6) is 0 Å². The Hall–Kier alpha value is -1.72. The summed E-state index contributed by atoms with van der Waals surface area (Å²) in [5, 5.41) is 8.32. The van der Waals surface area contributed by atoms with Crippen LogP contribution in [0.25, 0.3) is 0 Å². The maximum atomic E-state index is 11.8. The highest BCUT2D eigenvalue weighted by Gasteiger charge is 2.48. The Morgan fingerprint density at radius 1 is 1.50 bits per heavy atom. The SMILES string of the molecule is Cn1nnc2c1C1CN(C2)C(=O)N1OS(=O)(=O)O. The Balaban J connectivity index is 2.03. The third-order valence-electron chi connectivity index (χ3n) is 2.91. The molecule has 2 aliphatic heterocycles. The number of carbonyl (C=O) groups is 1. The summed E-state index contributed by atoms with van der Waals surface area (Å²) in [6.45, 7) is 0.506. The van der Waals surface area contributed by atoms with Crippen LogP contribution in [-0.4, -0.2) is 50.5 Å². The second-order valence-electron chi connectivity index (χ2n) is 4.05. The van der Waals surface area contributed by atoms with Crippen molar-refractivity contribution in [3.05, 3.63) is 11.4 Å². The summed E-state index contributed by atoms with van der Waals surface area (Å²) in [6.07, 6.45) is 0. The average Bonchev–Trinajstić information content (AvgIpc) is 2.74. The second-order valence-corrected chi connectivity index (χ2v) is 5.06. The first-order valence-electron chi connectivity index (χ1n) is 5.00. The predicted molar refractivity (Wildman–Crippen MR) is 54.0 cm³/mol. The number of urea groups is 1. The molecule has 0 aliphatic carbocycles. The molecule has 0 spiro atoms. The van der Waals surface area contributed by atoms with Gasteiger partial charge in [-0.1, -0.05) is 5.21 Å². The lowest BCUT2D eigenvalue weighted by Gasteiger charge is -2.21. The largest absolute Gasteiger partial charge is 0.418 e. The van der Waals surface area contributed by atoms with Gasteiger partial charge in [0.25, 0.3) is 0 Å². The molecule has 10 nitrogen and oxygen atoms in total. The molecule has 1 unspecified atom stereocenters. The van der Waals surface area contributed by atoms with Crippen LogP contribution in [0.1, 0.15) is 17.4 Å². The fourth-order valence-electron chi connectivity index (χ4n) is 2.26. The van der Waals surface area contributed by atoms with E-state index in [2.05, 4.69) is 14.6 Å². The molecule has 0 saturated carbocycles. The topological polar surface area (TPSA) is 118 Å². The van der Waals surface area contributed by atoms with Crippen molar-refractivity contribution in [2.75, 3.05) is 6.54 Å². The fraction of sp³-hybridized carbons (Fsp3) is 0.571. The molecule has 2 amide bonds. The number of nitrogens with zero attached hydrogens (tertiary/aromatic N) is 5. The summed E-state index contributed by atoms with van der Waals surface area (Å²) in [5.41, 5.74) is 1.18. The summed E-state index contributed by atoms with van der Waals surface area (Å²) < 4.78 is 35.9. The second kappa shape index (κ2) is 3.40. The van der Waals surface area contributed by atoms with Crippen molar-refractivity contribution >= 4 is 16.4 Å². The van der Waals surface area contributed by atoms with Gasteiger partial charge in [-0.3, -0.25) is 4.55 Å². The lowest BCUT2D eigenvalue weighted by molar-refractivity contribution is -0.0336. The van der Waals surface area contributed by atoms with E-state index in [9.17, 15) is 13.2 Å². The van der Waals surface area contributed by atoms with Crippen LogP contribution in [0.15, 0.2) is 0 Å². The highest BCUT2D eigenvalue weighted by Crippen LogP contribution is 2.36. The van der Waals surface area contributed by atoms with Crippen LogP contribution in [-0.2, 0) is 28.3 Å². The molecule has 2 aliphatic rings. The molecule has 1 aromatic heterocycles. The number of aryl methyl sites for hydroxylation is 1. The van der Waals surface area contributed by atoms with Crippen molar-refractivity contribution < 1.29 is 22.0 Å². The van der Waals surface area contributed by atoms with Crippen LogP contribution in [0.4, 0.5) is 4.79 Å². The van der Waals surface area contributed by atoms with Crippen molar-refractivity contribution in [1.82, 2.24) is 25.0 Å². The molecule has 0 radical (unpaired) electrons. The number of rotatable bonds is 2. The van der Waals surface area contributed by atoms with Crippen molar-refractivity contribution in [2.45, 2.75) is 12.6 Å². The molecule has 98 valence electrons. The number of amides is 2. The zero-order valence-corrected chi connectivity index (χ0v) is 10.0. The molecule has 3 heterocycles. The van der Waals surface area contributed by atoms with Crippen LogP contribution >= 0.6 is 0 Å². The number of hydrogen-bond acceptors (Lipinski definition) is 6. The average molecular weight is 275 g/mol. The van der Waals surface area contributed by atoms with Crippen molar-refractivity contribution in [3.63, 3.8) is 0 Å². The number of hydroxylamine groups is 2. The van der Waals surface area contributed by atoms with E-state index >= 15 is 0 Å². The van der Waals surface area contributed by atoms with Crippen LogP contribution in [0.2, 0.25) is 0 Å². The Morgan fingerprint density at radius 3 is 2.89 bits per heavy atom. The summed E-state index contributed by atoms with van der Waals surface area (Å²) >= 11 is 0. The standard InChI is InChI=1S/C7H9N5O5S/c1-10-6-4(8-9-10)2-11-3-5(6)12(7(11)13)17-18(14,15)16/h5H,2-3H2,1H3,(H,14,15,16).